The zero-order valence-corrected chi connectivity index (χ0v) is 20.0. The van der Waals surface area contributed by atoms with Crippen molar-refractivity contribution in [2.24, 2.45) is 0 Å². The van der Waals surface area contributed by atoms with Gasteiger partial charge in [0.05, 0.1) is 4.92 Å². The van der Waals surface area contributed by atoms with Crippen LogP contribution in [0.25, 0.3) is 6.08 Å². The lowest BCUT2D eigenvalue weighted by atomic mass is 10.2. The van der Waals surface area contributed by atoms with Gasteiger partial charge in [-0.25, -0.2) is 0 Å². The van der Waals surface area contributed by atoms with Gasteiger partial charge in [-0.3, -0.25) is 19.7 Å². The molecule has 0 saturated heterocycles. The second-order valence-corrected chi connectivity index (χ2v) is 8.81. The number of non-ortho nitro benzene ring substituents is 1. The summed E-state index contributed by atoms with van der Waals surface area (Å²) < 4.78 is 5.55. The number of benzene rings is 3. The van der Waals surface area contributed by atoms with Gasteiger partial charge in [-0.05, 0) is 67.6 Å². The monoisotopic (exact) mass is 499 g/mol. The number of nitrogens with zero attached hydrogens (tertiary/aromatic N) is 1. The molecule has 0 aliphatic rings. The summed E-state index contributed by atoms with van der Waals surface area (Å²) in [4.78, 5) is 37.8. The van der Waals surface area contributed by atoms with Crippen molar-refractivity contribution in [1.29, 1.82) is 0 Å². The number of aryl methyl sites for hydroxylation is 1. The smallest absolute Gasteiger partial charge is 0.272 e. The Hall–Kier alpha value is -4.63. The van der Waals surface area contributed by atoms with Gasteiger partial charge in [0.25, 0.3) is 17.5 Å². The quantitative estimate of drug-likeness (QED) is 0.173. The minimum atomic E-state index is -0.510. The highest BCUT2D eigenvalue weighted by Crippen LogP contribution is 2.30. The number of nitro groups is 1. The van der Waals surface area contributed by atoms with Crippen LogP contribution in [-0.2, 0) is 4.79 Å². The van der Waals surface area contributed by atoms with Crippen molar-refractivity contribution in [2.45, 2.75) is 16.7 Å². The van der Waals surface area contributed by atoms with E-state index in [0.29, 0.717) is 22.8 Å². The first-order chi connectivity index (χ1) is 17.4. The first-order valence-electron chi connectivity index (χ1n) is 10.9. The number of furan rings is 1. The molecule has 0 radical (unpaired) electrons. The van der Waals surface area contributed by atoms with Gasteiger partial charge in [0.2, 0.25) is 0 Å². The van der Waals surface area contributed by atoms with E-state index in [-0.39, 0.29) is 11.4 Å². The number of amides is 2. The number of nitrogens with one attached hydrogen (secondary N) is 2. The molecule has 0 spiro atoms. The van der Waals surface area contributed by atoms with E-state index in [2.05, 4.69) is 10.6 Å². The Morgan fingerprint density at radius 1 is 0.889 bits per heavy atom. The van der Waals surface area contributed by atoms with Crippen LogP contribution >= 0.6 is 11.8 Å². The van der Waals surface area contributed by atoms with Gasteiger partial charge < -0.3 is 15.1 Å². The van der Waals surface area contributed by atoms with Gasteiger partial charge in [-0.2, -0.15) is 0 Å². The van der Waals surface area contributed by atoms with E-state index in [1.54, 1.807) is 73.7 Å². The molecule has 36 heavy (non-hydrogen) atoms. The summed E-state index contributed by atoms with van der Waals surface area (Å²) in [6, 6.07) is 25.5. The van der Waals surface area contributed by atoms with Crippen LogP contribution in [0.15, 0.2) is 111 Å². The van der Waals surface area contributed by atoms with Crippen molar-refractivity contribution in [3.8, 4) is 0 Å². The second kappa shape index (κ2) is 11.2. The first-order valence-corrected chi connectivity index (χ1v) is 11.7. The van der Waals surface area contributed by atoms with Crippen molar-refractivity contribution in [1.82, 2.24) is 5.32 Å². The molecule has 2 N–H and O–H groups in total. The molecule has 4 aromatic rings. The fourth-order valence-electron chi connectivity index (χ4n) is 3.19. The highest BCUT2D eigenvalue weighted by molar-refractivity contribution is 7.99. The lowest BCUT2D eigenvalue weighted by molar-refractivity contribution is -0.384. The summed E-state index contributed by atoms with van der Waals surface area (Å²) >= 11 is 1.44. The number of carbonyl (C=O) groups is 2. The fraction of sp³-hybridized carbons (Fsp3) is 0.0370. The maximum absolute atomic E-state index is 13.1. The topological polar surface area (TPSA) is 114 Å². The van der Waals surface area contributed by atoms with Crippen LogP contribution in [0.2, 0.25) is 0 Å². The zero-order chi connectivity index (χ0) is 25.5. The van der Waals surface area contributed by atoms with Crippen LogP contribution in [0.3, 0.4) is 0 Å². The van der Waals surface area contributed by atoms with Crippen LogP contribution in [0, 0.1) is 17.0 Å². The highest BCUT2D eigenvalue weighted by Gasteiger charge is 2.16. The van der Waals surface area contributed by atoms with Gasteiger partial charge in [-0.15, -0.1) is 0 Å². The van der Waals surface area contributed by atoms with Gasteiger partial charge in [-0.1, -0.05) is 30.0 Å². The molecule has 1 heterocycles. The van der Waals surface area contributed by atoms with Crippen LogP contribution < -0.4 is 10.6 Å². The Kier molecular flexibility index (Phi) is 7.62. The summed E-state index contributed by atoms with van der Waals surface area (Å²) in [5.74, 6) is 0.177. The highest BCUT2D eigenvalue weighted by atomic mass is 32.2. The van der Waals surface area contributed by atoms with E-state index in [0.717, 1.165) is 9.79 Å². The molecule has 4 rings (SSSR count). The SMILES string of the molecule is Cc1ccc(/C=C(/NC(=O)c2ccccc2)C(=O)Nc2ccc(Sc3ccc([N+](=O)[O-])cc3)cc2)o1. The third-order valence-corrected chi connectivity index (χ3v) is 5.99. The van der Waals surface area contributed by atoms with E-state index in [1.807, 2.05) is 12.1 Å². The predicted molar refractivity (Wildman–Crippen MR) is 138 cm³/mol. The molecule has 8 nitrogen and oxygen atoms in total. The molecule has 0 fully saturated rings. The molecule has 3 aromatic carbocycles. The Bertz CT molecular complexity index is 1410. The largest absolute Gasteiger partial charge is 0.462 e. The van der Waals surface area contributed by atoms with Gasteiger partial charge >= 0.3 is 0 Å². The van der Waals surface area contributed by atoms with E-state index in [4.69, 9.17) is 4.42 Å². The number of carbonyl (C=O) groups excluding carboxylic acids is 2. The van der Waals surface area contributed by atoms with Gasteiger partial charge in [0.15, 0.2) is 0 Å². The molecule has 0 saturated carbocycles. The van der Waals surface area contributed by atoms with Crippen molar-refractivity contribution in [3.05, 3.63) is 124 Å². The van der Waals surface area contributed by atoms with Crippen molar-refractivity contribution < 1.29 is 18.9 Å². The Morgan fingerprint density at radius 2 is 1.53 bits per heavy atom. The number of hydrogen-bond donors (Lipinski definition) is 2. The standard InChI is InChI=1S/C27H21N3O5S/c1-18-7-12-22(35-18)17-25(29-26(31)19-5-3-2-4-6-19)27(32)28-20-8-13-23(14-9-20)36-24-15-10-21(11-16-24)30(33)34/h2-17H,1H3,(H,28,32)(H,29,31)/b25-17+. The van der Waals surface area contributed by atoms with Crippen molar-refractivity contribution >= 4 is 41.0 Å². The van der Waals surface area contributed by atoms with E-state index >= 15 is 0 Å². The Labute approximate surface area is 211 Å². The van der Waals surface area contributed by atoms with Gasteiger partial charge in [0, 0.05) is 39.3 Å². The second-order valence-electron chi connectivity index (χ2n) is 7.66. The van der Waals surface area contributed by atoms with Crippen LogP contribution in [0.1, 0.15) is 21.9 Å². The summed E-state index contributed by atoms with van der Waals surface area (Å²) in [6.07, 6.45) is 1.47. The molecule has 180 valence electrons. The van der Waals surface area contributed by atoms with Gasteiger partial charge in [0.1, 0.15) is 17.2 Å². The number of nitro benzene ring substituents is 1. The average molecular weight is 500 g/mol. The Balaban J connectivity index is 1.47. The van der Waals surface area contributed by atoms with E-state index < -0.39 is 16.7 Å². The lowest BCUT2D eigenvalue weighted by Crippen LogP contribution is -2.30. The third-order valence-electron chi connectivity index (χ3n) is 4.97. The summed E-state index contributed by atoms with van der Waals surface area (Å²) in [6.45, 7) is 1.79. The minimum absolute atomic E-state index is 0.0301. The third kappa shape index (κ3) is 6.49. The summed E-state index contributed by atoms with van der Waals surface area (Å²) in [7, 11) is 0. The number of anilines is 1. The molecule has 9 heteroatoms. The molecule has 1 aromatic heterocycles. The molecule has 0 bridgehead atoms. The van der Waals surface area contributed by atoms with Crippen LogP contribution in [-0.4, -0.2) is 16.7 Å². The van der Waals surface area contributed by atoms with Crippen molar-refractivity contribution in [3.63, 3.8) is 0 Å². The normalized spacial score (nSPS) is 11.1. The lowest BCUT2D eigenvalue weighted by Gasteiger charge is -2.11. The number of rotatable bonds is 8. The minimum Gasteiger partial charge on any atom is -0.462 e. The predicted octanol–water partition coefficient (Wildman–Crippen LogP) is 6.06. The van der Waals surface area contributed by atoms with E-state index in [1.165, 1.54) is 30.0 Å². The molecular formula is C27H21N3O5S. The van der Waals surface area contributed by atoms with Crippen LogP contribution in [0.4, 0.5) is 11.4 Å². The fourth-order valence-corrected chi connectivity index (χ4v) is 4.01. The van der Waals surface area contributed by atoms with Crippen molar-refractivity contribution in [2.75, 3.05) is 5.32 Å². The molecular weight excluding hydrogens is 478 g/mol. The molecule has 0 aliphatic heterocycles. The zero-order valence-electron chi connectivity index (χ0n) is 19.1. The summed E-state index contributed by atoms with van der Waals surface area (Å²) in [5, 5.41) is 16.3. The molecule has 0 unspecified atom stereocenters. The maximum Gasteiger partial charge on any atom is 0.272 e. The number of hydrogen-bond acceptors (Lipinski definition) is 6. The van der Waals surface area contributed by atoms with E-state index in [9.17, 15) is 19.7 Å². The average Bonchev–Trinajstić information content (AvgIpc) is 3.30. The van der Waals surface area contributed by atoms with Crippen LogP contribution in [0.5, 0.6) is 0 Å². The molecule has 2 amide bonds. The maximum atomic E-state index is 13.1. The molecule has 0 aliphatic carbocycles. The summed E-state index contributed by atoms with van der Waals surface area (Å²) in [5.41, 5.74) is 1.01. The Morgan fingerprint density at radius 3 is 2.11 bits per heavy atom. The molecule has 0 atom stereocenters. The first kappa shape index (κ1) is 24.5.